The van der Waals surface area contributed by atoms with Gasteiger partial charge in [0.15, 0.2) is 5.60 Å². The van der Waals surface area contributed by atoms with Crippen LogP contribution in [0.4, 0.5) is 4.79 Å². The molecule has 1 aromatic carbocycles. The van der Waals surface area contributed by atoms with E-state index >= 15 is 0 Å². The second-order valence-electron chi connectivity index (χ2n) is 14.0. The largest absolute Gasteiger partial charge is 0.457 e. The van der Waals surface area contributed by atoms with Crippen LogP contribution in [0.25, 0.3) is 10.9 Å². The highest BCUT2D eigenvalue weighted by Crippen LogP contribution is 2.45. The molecule has 10 nitrogen and oxygen atoms in total. The molecule has 3 aliphatic rings. The van der Waals surface area contributed by atoms with Gasteiger partial charge in [0.25, 0.3) is 0 Å². The number of methoxy groups -OCH3 is 1. The van der Waals surface area contributed by atoms with E-state index in [9.17, 15) is 14.4 Å². The summed E-state index contributed by atoms with van der Waals surface area (Å²) in [7, 11) is 1.68. The Morgan fingerprint density at radius 3 is 2.43 bits per heavy atom. The third-order valence-electron chi connectivity index (χ3n) is 11.2. The molecule has 2 saturated heterocycles. The maximum Gasteiger partial charge on any atom is 0.431 e. The van der Waals surface area contributed by atoms with E-state index in [4.69, 9.17) is 19.3 Å². The molecule has 3 aliphatic heterocycles. The number of Topliss-reactive ketones (excluding diaryl/α,β-unsaturated/α-hetero) is 1. The Morgan fingerprint density at radius 1 is 1.02 bits per heavy atom. The van der Waals surface area contributed by atoms with Gasteiger partial charge in [-0.3, -0.25) is 14.6 Å². The average molecular weight is 635 g/mol. The number of amides is 1. The van der Waals surface area contributed by atoms with Crippen molar-refractivity contribution in [1.82, 2.24) is 15.1 Å². The van der Waals surface area contributed by atoms with E-state index in [0.717, 1.165) is 29.5 Å². The van der Waals surface area contributed by atoms with Gasteiger partial charge in [0, 0.05) is 36.2 Å². The molecule has 4 heterocycles. The van der Waals surface area contributed by atoms with Crippen LogP contribution in [0, 0.1) is 29.6 Å². The van der Waals surface area contributed by atoms with Gasteiger partial charge in [-0.25, -0.2) is 4.79 Å². The fourth-order valence-corrected chi connectivity index (χ4v) is 8.08. The van der Waals surface area contributed by atoms with Crippen molar-refractivity contribution in [3.8, 4) is 0 Å². The number of hydrazine groups is 1. The minimum absolute atomic E-state index is 0.0403. The Hall–Kier alpha value is -3.53. The molecule has 250 valence electrons. The summed E-state index contributed by atoms with van der Waals surface area (Å²) >= 11 is 0. The van der Waals surface area contributed by atoms with E-state index in [-0.39, 0.29) is 23.5 Å². The maximum absolute atomic E-state index is 13.8. The topological polar surface area (TPSA) is 111 Å². The number of carbonyl (C=O) groups is 3. The maximum atomic E-state index is 13.8. The molecule has 10 heteroatoms. The molecule has 1 aromatic heterocycles. The van der Waals surface area contributed by atoms with Crippen molar-refractivity contribution in [3.63, 3.8) is 0 Å². The van der Waals surface area contributed by atoms with Gasteiger partial charge in [0.05, 0.1) is 17.7 Å². The minimum atomic E-state index is -1.17. The van der Waals surface area contributed by atoms with Gasteiger partial charge in [-0.05, 0) is 76.0 Å². The summed E-state index contributed by atoms with van der Waals surface area (Å²) in [4.78, 5) is 45.4. The quantitative estimate of drug-likeness (QED) is 0.272. The van der Waals surface area contributed by atoms with E-state index in [1.807, 2.05) is 65.1 Å². The highest BCUT2D eigenvalue weighted by Gasteiger charge is 2.63. The number of benzene rings is 1. The minimum Gasteiger partial charge on any atom is -0.457 e. The predicted molar refractivity (Wildman–Crippen MR) is 176 cm³/mol. The number of hydrogen-bond acceptors (Lipinski definition) is 9. The number of esters is 1. The predicted octanol–water partition coefficient (Wildman–Crippen LogP) is 6.21. The molecule has 46 heavy (non-hydrogen) atoms. The summed E-state index contributed by atoms with van der Waals surface area (Å²) in [6.07, 6.45) is 3.10. The van der Waals surface area contributed by atoms with Crippen molar-refractivity contribution in [2.24, 2.45) is 34.7 Å². The van der Waals surface area contributed by atoms with Crippen molar-refractivity contribution in [2.45, 2.75) is 104 Å². The summed E-state index contributed by atoms with van der Waals surface area (Å²) in [5, 5.41) is 9.67. The van der Waals surface area contributed by atoms with E-state index in [1.165, 1.54) is 5.56 Å². The number of fused-ring (bicyclic) bond motifs is 2. The first-order chi connectivity index (χ1) is 21.8. The number of para-hydroxylation sites is 1. The van der Waals surface area contributed by atoms with E-state index in [2.05, 4.69) is 24.9 Å². The number of nitrogens with zero attached hydrogens (tertiary/aromatic N) is 4. The second kappa shape index (κ2) is 12.9. The number of ether oxygens (including phenoxy) is 3. The van der Waals surface area contributed by atoms with Crippen molar-refractivity contribution in [3.05, 3.63) is 42.1 Å². The number of ketones is 1. The zero-order valence-electron chi connectivity index (χ0n) is 28.8. The molecule has 2 fully saturated rings. The fraction of sp³-hybridized carbons (Fsp3) is 0.639. The fourth-order valence-electron chi connectivity index (χ4n) is 8.08. The molecule has 0 saturated carbocycles. The molecule has 0 spiro atoms. The number of hydrazone groups is 1. The van der Waals surface area contributed by atoms with Crippen LogP contribution in [0.5, 0.6) is 0 Å². The highest BCUT2D eigenvalue weighted by atomic mass is 16.6. The summed E-state index contributed by atoms with van der Waals surface area (Å²) in [6.45, 7) is 16.0. The summed E-state index contributed by atoms with van der Waals surface area (Å²) < 4.78 is 18.4. The molecule has 9 atom stereocenters. The molecule has 1 amide bonds. The van der Waals surface area contributed by atoms with E-state index in [1.54, 1.807) is 24.2 Å². The summed E-state index contributed by atoms with van der Waals surface area (Å²) in [5.41, 5.74) is 1.23. The molecule has 0 unspecified atom stereocenters. The number of carbonyl (C=O) groups excluding carboxylic acids is 3. The first-order valence-electron chi connectivity index (χ1n) is 16.8. The van der Waals surface area contributed by atoms with Crippen molar-refractivity contribution < 1.29 is 28.6 Å². The monoisotopic (exact) mass is 634 g/mol. The lowest BCUT2D eigenvalue weighted by atomic mass is 9.70. The number of pyridine rings is 1. The Labute approximate surface area is 272 Å². The zero-order chi connectivity index (χ0) is 33.6. The number of aromatic nitrogens is 1. The molecule has 2 bridgehead atoms. The van der Waals surface area contributed by atoms with Gasteiger partial charge in [0.1, 0.15) is 23.8 Å². The molecule has 2 aromatic rings. The van der Waals surface area contributed by atoms with Gasteiger partial charge in [-0.1, -0.05) is 52.8 Å². The van der Waals surface area contributed by atoms with Crippen LogP contribution in [0.2, 0.25) is 0 Å². The van der Waals surface area contributed by atoms with Gasteiger partial charge in [0.2, 0.25) is 0 Å². The van der Waals surface area contributed by atoms with E-state index < -0.39 is 47.2 Å². The van der Waals surface area contributed by atoms with Crippen molar-refractivity contribution in [2.75, 3.05) is 13.7 Å². The number of aryl methyl sites for hydroxylation is 1. The molecular formula is C36H50N4O6. The standard InChI is InChI=1S/C36H50N4O6/c1-10-29-36(8)32-23(4)30(21(2)20-35(7,44-9)25(6)22(3)31(41)24(5)33(42)45-29)38-39(40(32)34(43)46-36)19-13-14-26-17-18-37-28-16-12-11-15-27(26)28/h11-12,15-18,21-25,29,32H,10,13-14,19-20H2,1-9H3/t21-,22-,23+,24-,25-,29-,32-,35-,36-/m1/s1. The van der Waals surface area contributed by atoms with Crippen LogP contribution < -0.4 is 0 Å². The third-order valence-corrected chi connectivity index (χ3v) is 11.2. The second-order valence-corrected chi connectivity index (χ2v) is 14.0. The number of rotatable bonds is 6. The molecular weight excluding hydrogens is 584 g/mol. The number of cyclic esters (lactones) is 1. The van der Waals surface area contributed by atoms with Gasteiger partial charge >= 0.3 is 12.1 Å². The third kappa shape index (κ3) is 5.78. The average Bonchev–Trinajstić information content (AvgIpc) is 3.33. The Kier molecular flexibility index (Phi) is 9.51. The van der Waals surface area contributed by atoms with Gasteiger partial charge < -0.3 is 14.2 Å². The van der Waals surface area contributed by atoms with Crippen LogP contribution in [0.3, 0.4) is 0 Å². The lowest BCUT2D eigenvalue weighted by Gasteiger charge is -2.47. The van der Waals surface area contributed by atoms with Crippen LogP contribution >= 0.6 is 0 Å². The molecule has 0 radical (unpaired) electrons. The number of hydrogen-bond donors (Lipinski definition) is 0. The summed E-state index contributed by atoms with van der Waals surface area (Å²) in [5.74, 6) is -2.62. The van der Waals surface area contributed by atoms with Crippen LogP contribution in [-0.4, -0.2) is 75.7 Å². The van der Waals surface area contributed by atoms with Crippen LogP contribution in [-0.2, 0) is 30.2 Å². The van der Waals surface area contributed by atoms with Crippen molar-refractivity contribution in [1.29, 1.82) is 0 Å². The Balaban J connectivity index is 1.55. The summed E-state index contributed by atoms with van der Waals surface area (Å²) in [6, 6.07) is 9.67. The smallest absolute Gasteiger partial charge is 0.431 e. The van der Waals surface area contributed by atoms with E-state index in [0.29, 0.717) is 19.4 Å². The highest BCUT2D eigenvalue weighted by molar-refractivity contribution is 6.00. The first-order valence-corrected chi connectivity index (χ1v) is 16.8. The Morgan fingerprint density at radius 2 is 1.74 bits per heavy atom. The van der Waals surface area contributed by atoms with Crippen LogP contribution in [0.1, 0.15) is 80.2 Å². The van der Waals surface area contributed by atoms with Gasteiger partial charge in [-0.2, -0.15) is 15.2 Å². The van der Waals surface area contributed by atoms with Crippen LogP contribution in [0.15, 0.2) is 41.6 Å². The van der Waals surface area contributed by atoms with Gasteiger partial charge in [-0.15, -0.1) is 0 Å². The normalized spacial score (nSPS) is 35.5. The molecule has 0 aliphatic carbocycles. The van der Waals surface area contributed by atoms with Crippen molar-refractivity contribution >= 4 is 34.5 Å². The lowest BCUT2D eigenvalue weighted by Crippen LogP contribution is -2.63. The first kappa shape index (κ1) is 33.8. The SMILES string of the molecule is CC[C@H]1OC(=O)[C@H](C)C(=O)[C@H](C)[C@@H](C)[C@](C)(OC)C[C@@H](C)C2=NN(CCCc3ccnc4ccccc34)N3C(=O)O[C@@]1(C)[C@H]3[C@H]2C. The molecule has 0 N–H and O–H groups in total. The lowest BCUT2D eigenvalue weighted by molar-refractivity contribution is -0.173. The zero-order valence-corrected chi connectivity index (χ0v) is 28.8. The molecule has 5 rings (SSSR count). The Bertz CT molecular complexity index is 1510.